The Morgan fingerprint density at radius 3 is 2.84 bits per heavy atom. The van der Waals surface area contributed by atoms with Crippen molar-refractivity contribution in [1.82, 2.24) is 15.2 Å². The minimum atomic E-state index is 0.766. The molecular weight excluding hydrogens is 242 g/mol. The summed E-state index contributed by atoms with van der Waals surface area (Å²) in [5, 5.41) is 15.0. The first kappa shape index (κ1) is 12.3. The van der Waals surface area contributed by atoms with E-state index in [1.54, 1.807) is 6.20 Å². The number of hydrazone groups is 1. The molecule has 3 heterocycles. The molecule has 0 radical (unpaired) electrons. The van der Waals surface area contributed by atoms with E-state index >= 15 is 0 Å². The predicted molar refractivity (Wildman–Crippen MR) is 73.1 cm³/mol. The fourth-order valence-electron chi connectivity index (χ4n) is 2.42. The van der Waals surface area contributed by atoms with Gasteiger partial charge in [0.25, 0.3) is 0 Å². The van der Waals surface area contributed by atoms with Crippen molar-refractivity contribution < 1.29 is 4.74 Å². The molecule has 3 rings (SSSR count). The van der Waals surface area contributed by atoms with Crippen molar-refractivity contribution in [2.75, 3.05) is 37.7 Å². The molecule has 1 aromatic heterocycles. The summed E-state index contributed by atoms with van der Waals surface area (Å²) >= 11 is 0. The van der Waals surface area contributed by atoms with E-state index in [0.717, 1.165) is 50.9 Å². The molecule has 2 fully saturated rings. The van der Waals surface area contributed by atoms with Crippen LogP contribution in [0.1, 0.15) is 19.3 Å². The first-order valence-corrected chi connectivity index (χ1v) is 6.89. The highest BCUT2D eigenvalue weighted by Crippen LogP contribution is 2.19. The lowest BCUT2D eigenvalue weighted by atomic mass is 10.1. The zero-order valence-corrected chi connectivity index (χ0v) is 11.0. The Morgan fingerprint density at radius 2 is 2.05 bits per heavy atom. The van der Waals surface area contributed by atoms with Gasteiger partial charge in [-0.3, -0.25) is 5.01 Å². The number of hydrogen-bond donors (Lipinski definition) is 0. The van der Waals surface area contributed by atoms with Crippen LogP contribution in [-0.2, 0) is 4.74 Å². The number of aromatic nitrogens is 2. The molecule has 6 heteroatoms. The molecule has 19 heavy (non-hydrogen) atoms. The lowest BCUT2D eigenvalue weighted by Crippen LogP contribution is -2.40. The molecule has 0 aliphatic carbocycles. The number of ether oxygens (including phenoxy) is 1. The van der Waals surface area contributed by atoms with Crippen LogP contribution in [0.15, 0.2) is 23.4 Å². The third-order valence-electron chi connectivity index (χ3n) is 3.42. The molecule has 0 spiro atoms. The van der Waals surface area contributed by atoms with E-state index in [4.69, 9.17) is 9.84 Å². The molecule has 0 N–H and O–H groups in total. The smallest absolute Gasteiger partial charge is 0.156 e. The van der Waals surface area contributed by atoms with Crippen LogP contribution >= 0.6 is 0 Å². The summed E-state index contributed by atoms with van der Waals surface area (Å²) in [7, 11) is 0. The Morgan fingerprint density at radius 1 is 1.16 bits per heavy atom. The highest BCUT2D eigenvalue weighted by atomic mass is 16.5. The van der Waals surface area contributed by atoms with Crippen molar-refractivity contribution in [3.8, 4) is 0 Å². The Hall–Kier alpha value is -1.69. The maximum Gasteiger partial charge on any atom is 0.156 e. The lowest BCUT2D eigenvalue weighted by molar-refractivity contribution is 0.0391. The normalized spacial score (nSPS) is 22.8. The second kappa shape index (κ2) is 5.97. The molecule has 1 aromatic rings. The van der Waals surface area contributed by atoms with E-state index in [0.29, 0.717) is 0 Å². The van der Waals surface area contributed by atoms with Crippen molar-refractivity contribution in [2.45, 2.75) is 19.3 Å². The van der Waals surface area contributed by atoms with E-state index in [1.807, 2.05) is 12.1 Å². The standard InChI is InChI=1S/C13H19N5O/c1-2-7-18(12-5-3-6-14-15-12)13(4-1)16-17-8-10-19-11-9-17/h3,5-6H,1-2,4,7-11H2. The fourth-order valence-corrected chi connectivity index (χ4v) is 2.42. The first-order chi connectivity index (χ1) is 9.43. The Kier molecular flexibility index (Phi) is 3.88. The van der Waals surface area contributed by atoms with Gasteiger partial charge in [0, 0.05) is 19.2 Å². The van der Waals surface area contributed by atoms with Gasteiger partial charge >= 0.3 is 0 Å². The Bertz CT molecular complexity index is 430. The predicted octanol–water partition coefficient (Wildman–Crippen LogP) is 1.11. The molecule has 0 aromatic carbocycles. The van der Waals surface area contributed by atoms with Gasteiger partial charge in [-0.05, 0) is 25.0 Å². The summed E-state index contributed by atoms with van der Waals surface area (Å²) in [6.07, 6.45) is 5.08. The summed E-state index contributed by atoms with van der Waals surface area (Å²) in [5.74, 6) is 2.00. The van der Waals surface area contributed by atoms with Crippen molar-refractivity contribution in [3.63, 3.8) is 0 Å². The molecular formula is C13H19N5O. The molecule has 2 saturated heterocycles. The number of rotatable bonds is 2. The summed E-state index contributed by atoms with van der Waals surface area (Å²) in [6, 6.07) is 3.91. The number of amidine groups is 1. The maximum absolute atomic E-state index is 5.35. The summed E-state index contributed by atoms with van der Waals surface area (Å²) in [5.41, 5.74) is 0. The minimum Gasteiger partial charge on any atom is -0.378 e. The quantitative estimate of drug-likeness (QED) is 0.798. The topological polar surface area (TPSA) is 53.9 Å². The van der Waals surface area contributed by atoms with Crippen molar-refractivity contribution in [3.05, 3.63) is 18.3 Å². The van der Waals surface area contributed by atoms with E-state index in [1.165, 1.54) is 12.8 Å². The molecule has 2 aliphatic rings. The average Bonchev–Trinajstić information content (AvgIpc) is 2.50. The van der Waals surface area contributed by atoms with Gasteiger partial charge in [-0.2, -0.15) is 10.2 Å². The maximum atomic E-state index is 5.35. The number of hydrogen-bond acceptors (Lipinski definition) is 5. The Balaban J connectivity index is 1.78. The molecule has 2 aliphatic heterocycles. The van der Waals surface area contributed by atoms with Gasteiger partial charge in [0.15, 0.2) is 5.82 Å². The fraction of sp³-hybridized carbons (Fsp3) is 0.615. The summed E-state index contributed by atoms with van der Waals surface area (Å²) < 4.78 is 5.35. The van der Waals surface area contributed by atoms with Crippen LogP contribution in [0.2, 0.25) is 0 Å². The van der Waals surface area contributed by atoms with Crippen LogP contribution in [0, 0.1) is 0 Å². The van der Waals surface area contributed by atoms with Gasteiger partial charge in [0.1, 0.15) is 5.84 Å². The monoisotopic (exact) mass is 261 g/mol. The van der Waals surface area contributed by atoms with E-state index in [2.05, 4.69) is 20.1 Å². The van der Waals surface area contributed by atoms with Gasteiger partial charge < -0.3 is 9.64 Å². The van der Waals surface area contributed by atoms with Crippen molar-refractivity contribution in [2.24, 2.45) is 5.10 Å². The van der Waals surface area contributed by atoms with E-state index in [-0.39, 0.29) is 0 Å². The number of piperidine rings is 1. The Labute approximate surface area is 113 Å². The third-order valence-corrected chi connectivity index (χ3v) is 3.42. The van der Waals surface area contributed by atoms with Crippen molar-refractivity contribution in [1.29, 1.82) is 0 Å². The summed E-state index contributed by atoms with van der Waals surface area (Å²) in [4.78, 5) is 2.19. The number of nitrogens with zero attached hydrogens (tertiary/aromatic N) is 5. The largest absolute Gasteiger partial charge is 0.378 e. The second-order valence-electron chi connectivity index (χ2n) is 4.77. The van der Waals surface area contributed by atoms with E-state index in [9.17, 15) is 0 Å². The summed E-state index contributed by atoms with van der Waals surface area (Å²) in [6.45, 7) is 4.25. The van der Waals surface area contributed by atoms with Crippen LogP contribution < -0.4 is 4.90 Å². The van der Waals surface area contributed by atoms with Gasteiger partial charge in [0.05, 0.1) is 26.3 Å². The molecule has 0 unspecified atom stereocenters. The third kappa shape index (κ3) is 3.01. The average molecular weight is 261 g/mol. The zero-order chi connectivity index (χ0) is 12.9. The molecule has 0 bridgehead atoms. The number of anilines is 1. The second-order valence-corrected chi connectivity index (χ2v) is 4.77. The van der Waals surface area contributed by atoms with Crippen LogP contribution in [0.25, 0.3) is 0 Å². The van der Waals surface area contributed by atoms with Gasteiger partial charge in [0.2, 0.25) is 0 Å². The SMILES string of the molecule is c1cnnc(N2CCCCC2=NN2CCOCC2)c1. The molecule has 6 nitrogen and oxygen atoms in total. The van der Waals surface area contributed by atoms with Gasteiger partial charge in [-0.25, -0.2) is 0 Å². The molecule has 0 amide bonds. The highest BCUT2D eigenvalue weighted by Gasteiger charge is 2.21. The molecule has 0 saturated carbocycles. The van der Waals surface area contributed by atoms with Crippen LogP contribution in [0.5, 0.6) is 0 Å². The van der Waals surface area contributed by atoms with Crippen molar-refractivity contribution >= 4 is 11.7 Å². The van der Waals surface area contributed by atoms with Crippen LogP contribution in [-0.4, -0.2) is 53.9 Å². The van der Waals surface area contributed by atoms with E-state index < -0.39 is 0 Å². The van der Waals surface area contributed by atoms with Crippen LogP contribution in [0.3, 0.4) is 0 Å². The highest BCUT2D eigenvalue weighted by molar-refractivity contribution is 5.97. The molecule has 102 valence electrons. The van der Waals surface area contributed by atoms with Crippen LogP contribution in [0.4, 0.5) is 5.82 Å². The lowest BCUT2D eigenvalue weighted by Gasteiger charge is -2.32. The number of morpholine rings is 1. The zero-order valence-electron chi connectivity index (χ0n) is 11.0. The van der Waals surface area contributed by atoms with Gasteiger partial charge in [-0.15, -0.1) is 5.10 Å². The minimum absolute atomic E-state index is 0.766. The molecule has 0 atom stereocenters. The van der Waals surface area contributed by atoms with Gasteiger partial charge in [-0.1, -0.05) is 0 Å². The first-order valence-electron chi connectivity index (χ1n) is 6.89.